The number of hydrazine groups is 1. The van der Waals surface area contributed by atoms with Crippen LogP contribution in [0.5, 0.6) is 0 Å². The highest BCUT2D eigenvalue weighted by Crippen LogP contribution is 2.15. The number of nitrogens with zero attached hydrogens (tertiary/aromatic N) is 2. The lowest BCUT2D eigenvalue weighted by atomic mass is 10.2. The molecule has 5 heteroatoms. The van der Waals surface area contributed by atoms with Crippen molar-refractivity contribution in [2.45, 2.75) is 13.8 Å². The van der Waals surface area contributed by atoms with E-state index < -0.39 is 0 Å². The van der Waals surface area contributed by atoms with Gasteiger partial charge in [0.05, 0.1) is 0 Å². The number of hydrogen-bond donors (Lipinski definition) is 3. The SMILES string of the molecule is CC(C)CN=C(NN)Nc1ccc(N(C)C)cc1. The largest absolute Gasteiger partial charge is 0.378 e. The molecule has 0 fully saturated rings. The predicted octanol–water partition coefficient (Wildman–Crippen LogP) is 1.64. The predicted molar refractivity (Wildman–Crippen MR) is 78.9 cm³/mol. The molecule has 100 valence electrons. The van der Waals surface area contributed by atoms with Gasteiger partial charge in [0.1, 0.15) is 0 Å². The van der Waals surface area contributed by atoms with E-state index >= 15 is 0 Å². The van der Waals surface area contributed by atoms with Crippen molar-refractivity contribution in [1.82, 2.24) is 5.43 Å². The summed E-state index contributed by atoms with van der Waals surface area (Å²) >= 11 is 0. The summed E-state index contributed by atoms with van der Waals surface area (Å²) in [7, 11) is 4.03. The van der Waals surface area contributed by atoms with Gasteiger partial charge in [-0.2, -0.15) is 0 Å². The second-order valence-corrected chi connectivity index (χ2v) is 4.79. The minimum absolute atomic E-state index is 0.506. The fourth-order valence-electron chi connectivity index (χ4n) is 1.37. The van der Waals surface area contributed by atoms with E-state index in [1.807, 2.05) is 38.4 Å². The molecule has 4 N–H and O–H groups in total. The summed E-state index contributed by atoms with van der Waals surface area (Å²) in [6.45, 7) is 4.97. The summed E-state index contributed by atoms with van der Waals surface area (Å²) in [5.41, 5.74) is 4.69. The molecule has 1 rings (SSSR count). The van der Waals surface area contributed by atoms with Crippen LogP contribution >= 0.6 is 0 Å². The lowest BCUT2D eigenvalue weighted by Crippen LogP contribution is -2.36. The number of nitrogens with one attached hydrogen (secondary N) is 2. The molecule has 0 aromatic heterocycles. The van der Waals surface area contributed by atoms with Gasteiger partial charge in [-0.1, -0.05) is 13.8 Å². The van der Waals surface area contributed by atoms with Gasteiger partial charge >= 0.3 is 0 Å². The first-order valence-electron chi connectivity index (χ1n) is 6.08. The third-order valence-corrected chi connectivity index (χ3v) is 2.40. The number of rotatable bonds is 4. The van der Waals surface area contributed by atoms with Crippen molar-refractivity contribution < 1.29 is 0 Å². The first kappa shape index (κ1) is 14.3. The Morgan fingerprint density at radius 1 is 1.28 bits per heavy atom. The molecule has 5 nitrogen and oxygen atoms in total. The Balaban J connectivity index is 2.67. The smallest absolute Gasteiger partial charge is 0.210 e. The molecule has 1 aromatic rings. The van der Waals surface area contributed by atoms with Crippen LogP contribution in [0.1, 0.15) is 13.8 Å². The molecule has 0 amide bonds. The number of anilines is 2. The van der Waals surface area contributed by atoms with Gasteiger partial charge < -0.3 is 10.2 Å². The quantitative estimate of drug-likeness (QED) is 0.328. The Labute approximate surface area is 109 Å². The Morgan fingerprint density at radius 2 is 1.89 bits per heavy atom. The van der Waals surface area contributed by atoms with Crippen molar-refractivity contribution in [3.63, 3.8) is 0 Å². The van der Waals surface area contributed by atoms with Crippen molar-refractivity contribution in [3.8, 4) is 0 Å². The van der Waals surface area contributed by atoms with Crippen molar-refractivity contribution in [2.24, 2.45) is 16.8 Å². The van der Waals surface area contributed by atoms with Crippen LogP contribution in [0.25, 0.3) is 0 Å². The summed E-state index contributed by atoms with van der Waals surface area (Å²) in [6.07, 6.45) is 0. The molecule has 1 aromatic carbocycles. The maximum Gasteiger partial charge on any atom is 0.210 e. The Morgan fingerprint density at radius 3 is 2.33 bits per heavy atom. The van der Waals surface area contributed by atoms with Crippen LogP contribution < -0.4 is 21.5 Å². The third-order valence-electron chi connectivity index (χ3n) is 2.40. The first-order chi connectivity index (χ1) is 8.52. The highest BCUT2D eigenvalue weighted by atomic mass is 15.3. The van der Waals surface area contributed by atoms with Crippen molar-refractivity contribution >= 4 is 17.3 Å². The van der Waals surface area contributed by atoms with Gasteiger partial charge in [-0.3, -0.25) is 10.4 Å². The van der Waals surface area contributed by atoms with E-state index in [0.29, 0.717) is 11.9 Å². The first-order valence-corrected chi connectivity index (χ1v) is 6.08. The van der Waals surface area contributed by atoms with Crippen molar-refractivity contribution in [2.75, 3.05) is 30.9 Å². The Hall–Kier alpha value is -1.75. The highest BCUT2D eigenvalue weighted by molar-refractivity contribution is 5.93. The molecule has 0 atom stereocenters. The second kappa shape index (κ2) is 6.86. The van der Waals surface area contributed by atoms with Gasteiger partial charge in [-0.05, 0) is 30.2 Å². The number of hydrogen-bond acceptors (Lipinski definition) is 3. The van der Waals surface area contributed by atoms with Crippen LogP contribution in [0.15, 0.2) is 29.3 Å². The Kier molecular flexibility index (Phi) is 5.45. The fraction of sp³-hybridized carbons (Fsp3) is 0.462. The summed E-state index contributed by atoms with van der Waals surface area (Å²) in [5, 5.41) is 3.15. The zero-order valence-electron chi connectivity index (χ0n) is 11.6. The normalized spacial score (nSPS) is 11.6. The summed E-state index contributed by atoms with van der Waals surface area (Å²) in [4.78, 5) is 6.41. The van der Waals surface area contributed by atoms with E-state index in [1.54, 1.807) is 0 Å². The van der Waals surface area contributed by atoms with Crippen LogP contribution in [-0.4, -0.2) is 26.6 Å². The molecule has 0 unspecified atom stereocenters. The van der Waals surface area contributed by atoms with Crippen LogP contribution in [0.4, 0.5) is 11.4 Å². The molecular weight excluding hydrogens is 226 g/mol. The van der Waals surface area contributed by atoms with E-state index in [1.165, 1.54) is 0 Å². The Bertz CT molecular complexity index is 381. The van der Waals surface area contributed by atoms with E-state index in [9.17, 15) is 0 Å². The van der Waals surface area contributed by atoms with Crippen LogP contribution in [-0.2, 0) is 0 Å². The molecule has 18 heavy (non-hydrogen) atoms. The van der Waals surface area contributed by atoms with Crippen molar-refractivity contribution in [1.29, 1.82) is 0 Å². The molecule has 0 radical (unpaired) electrons. The maximum absolute atomic E-state index is 5.43. The van der Waals surface area contributed by atoms with E-state index in [0.717, 1.165) is 17.9 Å². The van der Waals surface area contributed by atoms with Gasteiger partial charge in [0, 0.05) is 32.0 Å². The van der Waals surface area contributed by atoms with Crippen LogP contribution in [0, 0.1) is 5.92 Å². The average molecular weight is 249 g/mol. The van der Waals surface area contributed by atoms with Gasteiger partial charge in [-0.15, -0.1) is 0 Å². The fourth-order valence-corrected chi connectivity index (χ4v) is 1.37. The number of nitrogens with two attached hydrogens (primary N) is 1. The van der Waals surface area contributed by atoms with Gasteiger partial charge in [0.25, 0.3) is 0 Å². The molecule has 0 saturated heterocycles. The van der Waals surface area contributed by atoms with Gasteiger partial charge in [-0.25, -0.2) is 5.84 Å². The van der Waals surface area contributed by atoms with E-state index in [4.69, 9.17) is 5.84 Å². The summed E-state index contributed by atoms with van der Waals surface area (Å²) in [5.74, 6) is 6.52. The molecule has 0 spiro atoms. The molecule has 0 bridgehead atoms. The summed E-state index contributed by atoms with van der Waals surface area (Å²) < 4.78 is 0. The third kappa shape index (κ3) is 4.63. The molecule has 0 heterocycles. The van der Waals surface area contributed by atoms with Crippen LogP contribution in [0.3, 0.4) is 0 Å². The summed E-state index contributed by atoms with van der Waals surface area (Å²) in [6, 6.07) is 8.08. The standard InChI is InChI=1S/C13H23N5/c1-10(2)9-15-13(17-14)16-11-5-7-12(8-6-11)18(3)4/h5-8,10H,9,14H2,1-4H3,(H2,15,16,17). The lowest BCUT2D eigenvalue weighted by molar-refractivity contribution is 0.663. The molecule has 0 aliphatic rings. The minimum atomic E-state index is 0.506. The van der Waals surface area contributed by atoms with Gasteiger partial charge in [0.15, 0.2) is 0 Å². The second-order valence-electron chi connectivity index (χ2n) is 4.79. The molecule has 0 aliphatic heterocycles. The highest BCUT2D eigenvalue weighted by Gasteiger charge is 2.00. The molecular formula is C13H23N5. The maximum atomic E-state index is 5.43. The average Bonchev–Trinajstić information content (AvgIpc) is 2.34. The monoisotopic (exact) mass is 249 g/mol. The number of benzene rings is 1. The zero-order valence-corrected chi connectivity index (χ0v) is 11.6. The van der Waals surface area contributed by atoms with Crippen LogP contribution in [0.2, 0.25) is 0 Å². The van der Waals surface area contributed by atoms with E-state index in [-0.39, 0.29) is 0 Å². The molecule has 0 saturated carbocycles. The minimum Gasteiger partial charge on any atom is -0.378 e. The zero-order chi connectivity index (χ0) is 13.5. The van der Waals surface area contributed by atoms with Crippen molar-refractivity contribution in [3.05, 3.63) is 24.3 Å². The number of aliphatic imine (C=N–C) groups is 1. The van der Waals surface area contributed by atoms with E-state index in [2.05, 4.69) is 34.5 Å². The lowest BCUT2D eigenvalue weighted by Gasteiger charge is -2.14. The number of guanidine groups is 1. The topological polar surface area (TPSA) is 65.7 Å². The van der Waals surface area contributed by atoms with Gasteiger partial charge in [0.2, 0.25) is 5.96 Å². The molecule has 0 aliphatic carbocycles.